The maximum atomic E-state index is 5.64. The van der Waals surface area contributed by atoms with Crippen LogP contribution >= 0.6 is 12.4 Å². The van der Waals surface area contributed by atoms with Gasteiger partial charge in [0.05, 0.1) is 18.7 Å². The number of likely N-dealkylation sites (N-methyl/N-ethyl adjacent to an activating group) is 1. The van der Waals surface area contributed by atoms with Crippen LogP contribution in [-0.4, -0.2) is 69.3 Å². The van der Waals surface area contributed by atoms with Crippen LogP contribution in [0.2, 0.25) is 0 Å². The van der Waals surface area contributed by atoms with E-state index in [4.69, 9.17) is 4.74 Å². The van der Waals surface area contributed by atoms with Crippen molar-refractivity contribution in [2.45, 2.75) is 51.6 Å². The molecular formula is C21H33ClN6O. The molecule has 1 atom stereocenters. The van der Waals surface area contributed by atoms with E-state index < -0.39 is 0 Å². The third-order valence-corrected chi connectivity index (χ3v) is 6.16. The topological polar surface area (TPSA) is 59.3 Å². The van der Waals surface area contributed by atoms with Crippen LogP contribution in [0.4, 0.5) is 0 Å². The first-order valence-electron chi connectivity index (χ1n) is 10.8. The van der Waals surface area contributed by atoms with Gasteiger partial charge in [0, 0.05) is 26.2 Å². The van der Waals surface area contributed by atoms with E-state index in [0.717, 1.165) is 44.3 Å². The van der Waals surface area contributed by atoms with Gasteiger partial charge in [0.15, 0.2) is 5.82 Å². The van der Waals surface area contributed by atoms with E-state index in [1.54, 1.807) is 0 Å². The number of tetrazole rings is 1. The fraction of sp³-hybridized carbons (Fsp3) is 0.667. The summed E-state index contributed by atoms with van der Waals surface area (Å²) >= 11 is 0. The van der Waals surface area contributed by atoms with Gasteiger partial charge in [-0.05, 0) is 54.4 Å². The van der Waals surface area contributed by atoms with Gasteiger partial charge in [-0.2, -0.15) is 0 Å². The van der Waals surface area contributed by atoms with Crippen LogP contribution in [0.15, 0.2) is 24.3 Å². The van der Waals surface area contributed by atoms with Crippen LogP contribution in [0.25, 0.3) is 0 Å². The van der Waals surface area contributed by atoms with Crippen LogP contribution in [0.5, 0.6) is 5.75 Å². The van der Waals surface area contributed by atoms with E-state index in [1.165, 1.54) is 31.2 Å². The largest absolute Gasteiger partial charge is 0.494 e. The molecule has 4 rings (SSSR count). The third-order valence-electron chi connectivity index (χ3n) is 6.16. The molecule has 1 unspecified atom stereocenters. The molecule has 1 aliphatic heterocycles. The van der Waals surface area contributed by atoms with Crippen LogP contribution in [0.3, 0.4) is 0 Å². The van der Waals surface area contributed by atoms with Crippen molar-refractivity contribution < 1.29 is 4.74 Å². The second kappa shape index (κ2) is 10.4. The molecule has 1 aliphatic carbocycles. The number of hydrogen-bond acceptors (Lipinski definition) is 6. The minimum Gasteiger partial charge on any atom is -0.494 e. The van der Waals surface area contributed by atoms with E-state index in [1.807, 2.05) is 6.92 Å². The maximum absolute atomic E-state index is 5.64. The molecule has 2 heterocycles. The van der Waals surface area contributed by atoms with Crippen LogP contribution in [0, 0.1) is 0 Å². The second-order valence-corrected chi connectivity index (χ2v) is 7.79. The van der Waals surface area contributed by atoms with Crippen molar-refractivity contribution in [1.82, 2.24) is 30.0 Å². The molecule has 1 saturated carbocycles. The van der Waals surface area contributed by atoms with Crippen molar-refractivity contribution in [3.05, 3.63) is 35.7 Å². The van der Waals surface area contributed by atoms with E-state index in [-0.39, 0.29) is 18.4 Å². The fourth-order valence-corrected chi connectivity index (χ4v) is 4.56. The number of rotatable bonds is 7. The maximum Gasteiger partial charge on any atom is 0.173 e. The minimum atomic E-state index is 0. The number of hydrogen-bond donors (Lipinski definition) is 0. The van der Waals surface area contributed by atoms with Gasteiger partial charge in [-0.25, -0.2) is 4.68 Å². The molecule has 0 N–H and O–H groups in total. The molecule has 29 heavy (non-hydrogen) atoms. The lowest BCUT2D eigenvalue weighted by Gasteiger charge is -2.38. The van der Waals surface area contributed by atoms with Crippen molar-refractivity contribution in [2.75, 3.05) is 39.3 Å². The number of piperazine rings is 1. The molecule has 7 nitrogen and oxygen atoms in total. The molecule has 0 bridgehead atoms. The SMILES string of the molecule is CCOc1ccc(C(c2nnnn2C2CCCC2)N2CCN(CC)CC2)cc1.Cl. The molecule has 2 aliphatic rings. The Morgan fingerprint density at radius 1 is 1.03 bits per heavy atom. The highest BCUT2D eigenvalue weighted by molar-refractivity contribution is 5.85. The van der Waals surface area contributed by atoms with Gasteiger partial charge in [0.25, 0.3) is 0 Å². The lowest BCUT2D eigenvalue weighted by atomic mass is 10.0. The summed E-state index contributed by atoms with van der Waals surface area (Å²) in [7, 11) is 0. The standard InChI is InChI=1S/C21H32N6O.ClH/c1-3-25-13-15-26(16-14-25)20(17-9-11-19(12-10-17)28-4-2)21-22-23-24-27(21)18-7-5-6-8-18;/h9-12,18,20H,3-8,13-16H2,1-2H3;1H. The van der Waals surface area contributed by atoms with Gasteiger partial charge in [-0.1, -0.05) is 31.9 Å². The Labute approximate surface area is 179 Å². The highest BCUT2D eigenvalue weighted by Gasteiger charge is 2.32. The molecule has 2 fully saturated rings. The summed E-state index contributed by atoms with van der Waals surface area (Å²) in [6, 6.07) is 9.01. The molecule has 0 radical (unpaired) electrons. The average Bonchev–Trinajstić information content (AvgIpc) is 3.42. The first kappa shape index (κ1) is 22.0. The zero-order chi connectivity index (χ0) is 19.3. The first-order valence-corrected chi connectivity index (χ1v) is 10.8. The molecule has 1 aromatic heterocycles. The molecule has 0 spiro atoms. The fourth-order valence-electron chi connectivity index (χ4n) is 4.56. The predicted octanol–water partition coefficient (Wildman–Crippen LogP) is 3.34. The zero-order valence-electron chi connectivity index (χ0n) is 17.5. The normalized spacial score (nSPS) is 19.8. The van der Waals surface area contributed by atoms with Crippen molar-refractivity contribution in [3.63, 3.8) is 0 Å². The smallest absolute Gasteiger partial charge is 0.173 e. The number of halogens is 1. The van der Waals surface area contributed by atoms with Crippen molar-refractivity contribution in [1.29, 1.82) is 0 Å². The summed E-state index contributed by atoms with van der Waals surface area (Å²) in [5.74, 6) is 1.90. The van der Waals surface area contributed by atoms with E-state index in [0.29, 0.717) is 12.6 Å². The molecule has 0 amide bonds. The van der Waals surface area contributed by atoms with Gasteiger partial charge in [0.2, 0.25) is 0 Å². The van der Waals surface area contributed by atoms with E-state index in [9.17, 15) is 0 Å². The summed E-state index contributed by atoms with van der Waals surface area (Å²) in [5.41, 5.74) is 1.24. The summed E-state index contributed by atoms with van der Waals surface area (Å²) in [4.78, 5) is 5.05. The van der Waals surface area contributed by atoms with Gasteiger partial charge in [-0.15, -0.1) is 17.5 Å². The van der Waals surface area contributed by atoms with E-state index >= 15 is 0 Å². The lowest BCUT2D eigenvalue weighted by molar-refractivity contribution is 0.107. The minimum absolute atomic E-state index is 0. The van der Waals surface area contributed by atoms with Gasteiger partial charge in [-0.3, -0.25) is 4.90 Å². The average molecular weight is 421 g/mol. The van der Waals surface area contributed by atoms with Crippen LogP contribution < -0.4 is 4.74 Å². The Kier molecular flexibility index (Phi) is 7.86. The highest BCUT2D eigenvalue weighted by Crippen LogP contribution is 2.34. The Bertz CT molecular complexity index is 738. The molecule has 8 heteroatoms. The number of benzene rings is 1. The lowest BCUT2D eigenvalue weighted by Crippen LogP contribution is -2.48. The van der Waals surface area contributed by atoms with Crippen molar-refractivity contribution >= 4 is 12.4 Å². The monoisotopic (exact) mass is 420 g/mol. The van der Waals surface area contributed by atoms with E-state index in [2.05, 4.69) is 61.2 Å². The van der Waals surface area contributed by atoms with Gasteiger partial charge in [0.1, 0.15) is 5.75 Å². The molecular weight excluding hydrogens is 388 g/mol. The Morgan fingerprint density at radius 2 is 1.72 bits per heavy atom. The quantitative estimate of drug-likeness (QED) is 0.684. The van der Waals surface area contributed by atoms with Crippen LogP contribution in [0.1, 0.15) is 63.0 Å². The zero-order valence-corrected chi connectivity index (χ0v) is 18.4. The third kappa shape index (κ3) is 4.90. The van der Waals surface area contributed by atoms with Crippen molar-refractivity contribution in [2.24, 2.45) is 0 Å². The summed E-state index contributed by atoms with van der Waals surface area (Å²) < 4.78 is 7.76. The van der Waals surface area contributed by atoms with Crippen molar-refractivity contribution in [3.8, 4) is 5.75 Å². The molecule has 160 valence electrons. The first-order chi connectivity index (χ1) is 13.8. The van der Waals surface area contributed by atoms with Crippen LogP contribution in [-0.2, 0) is 0 Å². The highest BCUT2D eigenvalue weighted by atomic mass is 35.5. The second-order valence-electron chi connectivity index (χ2n) is 7.79. The molecule has 2 aromatic rings. The Hall–Kier alpha value is -1.70. The van der Waals surface area contributed by atoms with Gasteiger partial charge < -0.3 is 9.64 Å². The number of ether oxygens (including phenoxy) is 1. The number of nitrogens with zero attached hydrogens (tertiary/aromatic N) is 6. The molecule has 1 saturated heterocycles. The Balaban J connectivity index is 0.00000240. The summed E-state index contributed by atoms with van der Waals surface area (Å²) in [6.45, 7) is 10.3. The summed E-state index contributed by atoms with van der Waals surface area (Å²) in [5, 5.41) is 13.0. The Morgan fingerprint density at radius 3 is 2.34 bits per heavy atom. The van der Waals surface area contributed by atoms with Gasteiger partial charge >= 0.3 is 0 Å². The molecule has 1 aromatic carbocycles. The summed E-state index contributed by atoms with van der Waals surface area (Å²) in [6.07, 6.45) is 4.90. The number of aromatic nitrogens is 4. The predicted molar refractivity (Wildman–Crippen MR) is 116 cm³/mol.